The van der Waals surface area contributed by atoms with Gasteiger partial charge >= 0.3 is 0 Å². The highest BCUT2D eigenvalue weighted by Crippen LogP contribution is 2.22. The molecule has 1 amide bonds. The van der Waals surface area contributed by atoms with Crippen LogP contribution in [-0.2, 0) is 13.0 Å². The number of carbonyl (C=O) groups excluding carboxylic acids is 1. The van der Waals surface area contributed by atoms with Crippen molar-refractivity contribution in [3.8, 4) is 0 Å². The van der Waals surface area contributed by atoms with Crippen LogP contribution in [0.25, 0.3) is 5.65 Å². The molecule has 0 saturated heterocycles. The highest BCUT2D eigenvalue weighted by molar-refractivity contribution is 5.94. The molecule has 3 heterocycles. The number of fused-ring (bicyclic) bond motifs is 3. The van der Waals surface area contributed by atoms with Gasteiger partial charge in [-0.05, 0) is 31.2 Å². The minimum atomic E-state index is 0.0940. The number of carbonyl (C=O) groups is 1. The number of amides is 1. The van der Waals surface area contributed by atoms with Gasteiger partial charge in [0, 0.05) is 24.7 Å². The van der Waals surface area contributed by atoms with Gasteiger partial charge in [0.15, 0.2) is 0 Å². The van der Waals surface area contributed by atoms with Crippen molar-refractivity contribution in [3.05, 3.63) is 71.2 Å². The first kappa shape index (κ1) is 13.1. The van der Waals surface area contributed by atoms with E-state index in [1.807, 2.05) is 60.5 Å². The van der Waals surface area contributed by atoms with E-state index in [4.69, 9.17) is 0 Å². The molecule has 0 atom stereocenters. The van der Waals surface area contributed by atoms with E-state index in [0.717, 1.165) is 35.6 Å². The topological polar surface area (TPSA) is 37.6 Å². The van der Waals surface area contributed by atoms with Gasteiger partial charge in [0.2, 0.25) is 0 Å². The van der Waals surface area contributed by atoms with Crippen LogP contribution in [0, 0.1) is 6.92 Å². The quantitative estimate of drug-likeness (QED) is 0.691. The molecule has 2 aromatic heterocycles. The van der Waals surface area contributed by atoms with E-state index in [-0.39, 0.29) is 5.91 Å². The lowest BCUT2D eigenvalue weighted by Crippen LogP contribution is -2.36. The Bertz CT molecular complexity index is 848. The fourth-order valence-corrected chi connectivity index (χ4v) is 3.02. The van der Waals surface area contributed by atoms with Crippen LogP contribution < -0.4 is 0 Å². The largest absolute Gasteiger partial charge is 0.332 e. The Morgan fingerprint density at radius 1 is 1.14 bits per heavy atom. The summed E-state index contributed by atoms with van der Waals surface area (Å²) in [7, 11) is 0. The van der Waals surface area contributed by atoms with Crippen LogP contribution in [0.15, 0.2) is 48.7 Å². The summed E-state index contributed by atoms with van der Waals surface area (Å²) in [6, 6.07) is 13.8. The number of hydrogen-bond acceptors (Lipinski definition) is 2. The first-order chi connectivity index (χ1) is 10.7. The van der Waals surface area contributed by atoms with Crippen molar-refractivity contribution in [1.82, 2.24) is 14.3 Å². The third-order valence-electron chi connectivity index (χ3n) is 4.26. The number of nitrogens with zero attached hydrogens (tertiary/aromatic N) is 3. The average Bonchev–Trinajstić information content (AvgIpc) is 2.92. The third kappa shape index (κ3) is 2.08. The molecule has 0 radical (unpaired) electrons. The lowest BCUT2D eigenvalue weighted by molar-refractivity contribution is 0.0731. The molecule has 4 heteroatoms. The zero-order valence-electron chi connectivity index (χ0n) is 12.5. The van der Waals surface area contributed by atoms with Crippen LogP contribution in [0.1, 0.15) is 27.3 Å². The molecular formula is C18H17N3O. The number of benzene rings is 1. The zero-order valence-corrected chi connectivity index (χ0v) is 12.5. The summed E-state index contributed by atoms with van der Waals surface area (Å²) in [6.07, 6.45) is 2.83. The van der Waals surface area contributed by atoms with Crippen molar-refractivity contribution in [2.75, 3.05) is 6.54 Å². The Hall–Kier alpha value is -2.62. The van der Waals surface area contributed by atoms with Crippen LogP contribution in [-0.4, -0.2) is 26.7 Å². The van der Waals surface area contributed by atoms with Gasteiger partial charge in [0.1, 0.15) is 5.65 Å². The Kier molecular flexibility index (Phi) is 2.96. The van der Waals surface area contributed by atoms with Gasteiger partial charge in [-0.15, -0.1) is 0 Å². The Labute approximate surface area is 129 Å². The van der Waals surface area contributed by atoms with E-state index >= 15 is 0 Å². The molecular weight excluding hydrogens is 274 g/mol. The molecule has 1 aromatic carbocycles. The van der Waals surface area contributed by atoms with Gasteiger partial charge in [0.05, 0.1) is 17.9 Å². The summed E-state index contributed by atoms with van der Waals surface area (Å²) >= 11 is 0. The fraction of sp³-hybridized carbons (Fsp3) is 0.222. The molecule has 0 saturated carbocycles. The Balaban J connectivity index is 1.66. The van der Waals surface area contributed by atoms with Crippen LogP contribution in [0.4, 0.5) is 0 Å². The van der Waals surface area contributed by atoms with Crippen LogP contribution in [0.2, 0.25) is 0 Å². The number of aryl methyl sites for hydroxylation is 1. The molecule has 0 aliphatic carbocycles. The van der Waals surface area contributed by atoms with Gasteiger partial charge in [-0.3, -0.25) is 4.79 Å². The van der Waals surface area contributed by atoms with Crippen LogP contribution in [0.5, 0.6) is 0 Å². The molecule has 3 aromatic rings. The minimum absolute atomic E-state index is 0.0940. The van der Waals surface area contributed by atoms with Gasteiger partial charge < -0.3 is 9.30 Å². The van der Waals surface area contributed by atoms with Gasteiger partial charge in [-0.1, -0.05) is 23.8 Å². The van der Waals surface area contributed by atoms with Gasteiger partial charge in [-0.2, -0.15) is 0 Å². The number of aromatic nitrogens is 2. The number of rotatable bonds is 1. The second kappa shape index (κ2) is 4.98. The summed E-state index contributed by atoms with van der Waals surface area (Å²) in [4.78, 5) is 19.2. The maximum absolute atomic E-state index is 12.7. The second-order valence-electron chi connectivity index (χ2n) is 5.78. The summed E-state index contributed by atoms with van der Waals surface area (Å²) < 4.78 is 2.09. The molecule has 110 valence electrons. The van der Waals surface area contributed by atoms with Crippen molar-refractivity contribution in [3.63, 3.8) is 0 Å². The normalized spacial score (nSPS) is 14.1. The molecule has 22 heavy (non-hydrogen) atoms. The summed E-state index contributed by atoms with van der Waals surface area (Å²) in [6.45, 7) is 3.37. The van der Waals surface area contributed by atoms with Crippen molar-refractivity contribution >= 4 is 11.6 Å². The number of pyridine rings is 1. The SMILES string of the molecule is Cc1ccc(C(=O)N2CCc3nc4ccccn4c3C2)cc1. The Morgan fingerprint density at radius 2 is 1.95 bits per heavy atom. The van der Waals surface area contributed by atoms with Crippen molar-refractivity contribution in [2.24, 2.45) is 0 Å². The molecule has 1 aliphatic rings. The zero-order chi connectivity index (χ0) is 15.1. The number of hydrogen-bond donors (Lipinski definition) is 0. The standard InChI is InChI=1S/C18H17N3O/c1-13-5-7-14(8-6-13)18(22)20-11-9-15-16(12-20)21-10-3-2-4-17(21)19-15/h2-8,10H,9,11-12H2,1H3. The fourth-order valence-electron chi connectivity index (χ4n) is 3.02. The lowest BCUT2D eigenvalue weighted by Gasteiger charge is -2.26. The van der Waals surface area contributed by atoms with Crippen molar-refractivity contribution in [2.45, 2.75) is 19.9 Å². The monoisotopic (exact) mass is 291 g/mol. The lowest BCUT2D eigenvalue weighted by atomic mass is 10.1. The van der Waals surface area contributed by atoms with E-state index in [0.29, 0.717) is 6.54 Å². The highest BCUT2D eigenvalue weighted by atomic mass is 16.2. The van der Waals surface area contributed by atoms with E-state index in [2.05, 4.69) is 9.38 Å². The first-order valence-electron chi connectivity index (χ1n) is 7.53. The minimum Gasteiger partial charge on any atom is -0.332 e. The van der Waals surface area contributed by atoms with E-state index in [1.54, 1.807) is 0 Å². The van der Waals surface area contributed by atoms with Crippen LogP contribution in [0.3, 0.4) is 0 Å². The first-order valence-corrected chi connectivity index (χ1v) is 7.53. The van der Waals surface area contributed by atoms with Gasteiger partial charge in [-0.25, -0.2) is 4.98 Å². The molecule has 0 bridgehead atoms. The maximum Gasteiger partial charge on any atom is 0.254 e. The third-order valence-corrected chi connectivity index (χ3v) is 4.26. The predicted molar refractivity (Wildman–Crippen MR) is 84.8 cm³/mol. The summed E-state index contributed by atoms with van der Waals surface area (Å²) in [5.41, 5.74) is 5.11. The highest BCUT2D eigenvalue weighted by Gasteiger charge is 2.25. The van der Waals surface area contributed by atoms with Crippen molar-refractivity contribution < 1.29 is 4.79 Å². The summed E-state index contributed by atoms with van der Waals surface area (Å²) in [5, 5.41) is 0. The average molecular weight is 291 g/mol. The molecule has 0 unspecified atom stereocenters. The van der Waals surface area contributed by atoms with Gasteiger partial charge in [0.25, 0.3) is 5.91 Å². The smallest absolute Gasteiger partial charge is 0.254 e. The Morgan fingerprint density at radius 3 is 2.77 bits per heavy atom. The molecule has 0 spiro atoms. The predicted octanol–water partition coefficient (Wildman–Crippen LogP) is 2.84. The van der Waals surface area contributed by atoms with Crippen LogP contribution >= 0.6 is 0 Å². The summed E-state index contributed by atoms with van der Waals surface area (Å²) in [5.74, 6) is 0.0940. The maximum atomic E-state index is 12.7. The molecule has 4 nitrogen and oxygen atoms in total. The molecule has 4 rings (SSSR count). The second-order valence-corrected chi connectivity index (χ2v) is 5.78. The van der Waals surface area contributed by atoms with Crippen molar-refractivity contribution in [1.29, 1.82) is 0 Å². The molecule has 0 N–H and O–H groups in total. The van der Waals surface area contributed by atoms with E-state index in [9.17, 15) is 4.79 Å². The number of imidazole rings is 1. The molecule has 1 aliphatic heterocycles. The molecule has 0 fully saturated rings. The van der Waals surface area contributed by atoms with E-state index < -0.39 is 0 Å². The van der Waals surface area contributed by atoms with E-state index in [1.165, 1.54) is 5.56 Å².